The fourth-order valence-corrected chi connectivity index (χ4v) is 4.32. The number of carbonyl (C=O) groups excluding carboxylic acids is 1. The SMILES string of the molecule is CCC(=O)N1CCC(NC(=NC)NCCCOC2CCN(Cc3ccccc3)CC2)C1.I. The molecule has 3 rings (SSSR count). The van der Waals surface area contributed by atoms with Crippen molar-refractivity contribution in [2.75, 3.05) is 46.4 Å². The molecule has 0 bridgehead atoms. The first kappa shape index (κ1) is 26.9. The first-order chi connectivity index (χ1) is 15.2. The summed E-state index contributed by atoms with van der Waals surface area (Å²) in [6.45, 7) is 8.36. The molecular formula is C24H40IN5O2. The Labute approximate surface area is 210 Å². The Hall–Kier alpha value is -1.39. The van der Waals surface area contributed by atoms with Gasteiger partial charge in [0.05, 0.1) is 6.10 Å². The van der Waals surface area contributed by atoms with Gasteiger partial charge < -0.3 is 20.3 Å². The Kier molecular flexibility index (Phi) is 12.3. The van der Waals surface area contributed by atoms with E-state index in [9.17, 15) is 4.79 Å². The van der Waals surface area contributed by atoms with Crippen LogP contribution < -0.4 is 10.6 Å². The van der Waals surface area contributed by atoms with Crippen LogP contribution in [0, 0.1) is 0 Å². The minimum atomic E-state index is 0. The Morgan fingerprint density at radius 1 is 1.16 bits per heavy atom. The number of nitrogens with zero attached hydrogens (tertiary/aromatic N) is 3. The normalized spacial score (nSPS) is 20.1. The van der Waals surface area contributed by atoms with E-state index in [1.54, 1.807) is 7.05 Å². The highest BCUT2D eigenvalue weighted by Gasteiger charge is 2.25. The Morgan fingerprint density at radius 2 is 1.91 bits per heavy atom. The largest absolute Gasteiger partial charge is 0.378 e. The van der Waals surface area contributed by atoms with E-state index in [0.717, 1.165) is 77.5 Å². The third-order valence-corrected chi connectivity index (χ3v) is 6.16. The molecule has 2 fully saturated rings. The van der Waals surface area contributed by atoms with Crippen LogP contribution in [0.25, 0.3) is 0 Å². The van der Waals surface area contributed by atoms with Gasteiger partial charge in [0.2, 0.25) is 5.91 Å². The zero-order chi connectivity index (χ0) is 21.9. The van der Waals surface area contributed by atoms with Crippen molar-refractivity contribution in [3.63, 3.8) is 0 Å². The summed E-state index contributed by atoms with van der Waals surface area (Å²) in [5.41, 5.74) is 1.39. The van der Waals surface area contributed by atoms with E-state index in [4.69, 9.17) is 4.74 Å². The molecule has 0 saturated carbocycles. The molecule has 2 aliphatic rings. The lowest BCUT2D eigenvalue weighted by atomic mass is 10.1. The molecule has 1 unspecified atom stereocenters. The fraction of sp³-hybridized carbons (Fsp3) is 0.667. The number of hydrogen-bond donors (Lipinski definition) is 2. The standard InChI is InChI=1S/C24H39N5O2.HI/c1-3-23(30)29-16-10-21(19-29)27-24(25-2)26-13-7-17-31-22-11-14-28(15-12-22)18-20-8-5-4-6-9-20;/h4-6,8-9,21-22H,3,7,10-19H2,1-2H3,(H2,25,26,27);1H. The van der Waals surface area contributed by atoms with Crippen molar-refractivity contribution in [1.82, 2.24) is 20.4 Å². The number of benzene rings is 1. The van der Waals surface area contributed by atoms with E-state index in [-0.39, 0.29) is 35.9 Å². The van der Waals surface area contributed by atoms with Crippen molar-refractivity contribution in [3.8, 4) is 0 Å². The molecule has 1 amide bonds. The highest BCUT2D eigenvalue weighted by Crippen LogP contribution is 2.16. The molecule has 8 heteroatoms. The van der Waals surface area contributed by atoms with Gasteiger partial charge in [-0.15, -0.1) is 24.0 Å². The molecular weight excluding hydrogens is 517 g/mol. The topological polar surface area (TPSA) is 69.2 Å². The second-order valence-electron chi connectivity index (χ2n) is 8.51. The molecule has 2 heterocycles. The molecule has 2 N–H and O–H groups in total. The van der Waals surface area contributed by atoms with E-state index < -0.39 is 0 Å². The molecule has 0 aliphatic carbocycles. The van der Waals surface area contributed by atoms with Gasteiger partial charge in [-0.2, -0.15) is 0 Å². The van der Waals surface area contributed by atoms with E-state index in [0.29, 0.717) is 12.5 Å². The van der Waals surface area contributed by atoms with Gasteiger partial charge >= 0.3 is 0 Å². The summed E-state index contributed by atoms with van der Waals surface area (Å²) < 4.78 is 6.11. The molecule has 1 atom stereocenters. The van der Waals surface area contributed by atoms with Crippen molar-refractivity contribution in [1.29, 1.82) is 0 Å². The average Bonchev–Trinajstić information content (AvgIpc) is 3.28. The first-order valence-electron chi connectivity index (χ1n) is 11.8. The van der Waals surface area contributed by atoms with E-state index in [2.05, 4.69) is 50.9 Å². The van der Waals surface area contributed by atoms with Gasteiger partial charge in [-0.3, -0.25) is 14.7 Å². The first-order valence-corrected chi connectivity index (χ1v) is 11.8. The maximum absolute atomic E-state index is 11.8. The maximum atomic E-state index is 11.8. The van der Waals surface area contributed by atoms with Crippen LogP contribution in [0.2, 0.25) is 0 Å². The third kappa shape index (κ3) is 8.86. The van der Waals surface area contributed by atoms with Crippen LogP contribution in [-0.2, 0) is 16.1 Å². The number of ether oxygens (including phenoxy) is 1. The molecule has 1 aromatic carbocycles. The zero-order valence-electron chi connectivity index (χ0n) is 19.6. The number of halogens is 1. The number of likely N-dealkylation sites (tertiary alicyclic amines) is 2. The number of nitrogens with one attached hydrogen (secondary N) is 2. The molecule has 7 nitrogen and oxygen atoms in total. The highest BCUT2D eigenvalue weighted by molar-refractivity contribution is 14.0. The summed E-state index contributed by atoms with van der Waals surface area (Å²) >= 11 is 0. The van der Waals surface area contributed by atoms with Crippen LogP contribution in [0.5, 0.6) is 0 Å². The van der Waals surface area contributed by atoms with Gasteiger partial charge in [0.15, 0.2) is 5.96 Å². The predicted octanol–water partition coefficient (Wildman–Crippen LogP) is 2.85. The molecule has 0 aromatic heterocycles. The average molecular weight is 558 g/mol. The fourth-order valence-electron chi connectivity index (χ4n) is 4.32. The van der Waals surface area contributed by atoms with Gasteiger partial charge in [-0.1, -0.05) is 37.3 Å². The van der Waals surface area contributed by atoms with Crippen LogP contribution in [0.3, 0.4) is 0 Å². The monoisotopic (exact) mass is 557 g/mol. The lowest BCUT2D eigenvalue weighted by Crippen LogP contribution is -2.45. The summed E-state index contributed by atoms with van der Waals surface area (Å²) in [6, 6.07) is 11.0. The van der Waals surface area contributed by atoms with Crippen LogP contribution >= 0.6 is 24.0 Å². The van der Waals surface area contributed by atoms with Gasteiger partial charge in [-0.25, -0.2) is 0 Å². The molecule has 32 heavy (non-hydrogen) atoms. The lowest BCUT2D eigenvalue weighted by Gasteiger charge is -2.32. The number of hydrogen-bond acceptors (Lipinski definition) is 4. The van der Waals surface area contributed by atoms with Crippen molar-refractivity contribution in [2.24, 2.45) is 4.99 Å². The minimum Gasteiger partial charge on any atom is -0.378 e. The quantitative estimate of drug-likeness (QED) is 0.212. The Balaban J connectivity index is 0.00000363. The van der Waals surface area contributed by atoms with E-state index in [1.807, 2.05) is 11.8 Å². The maximum Gasteiger partial charge on any atom is 0.222 e. The van der Waals surface area contributed by atoms with Crippen LogP contribution in [0.15, 0.2) is 35.3 Å². The van der Waals surface area contributed by atoms with Crippen molar-refractivity contribution in [2.45, 2.75) is 57.7 Å². The van der Waals surface area contributed by atoms with Crippen molar-refractivity contribution >= 4 is 35.8 Å². The smallest absolute Gasteiger partial charge is 0.222 e. The molecule has 2 aliphatic heterocycles. The van der Waals surface area contributed by atoms with Crippen LogP contribution in [0.4, 0.5) is 0 Å². The predicted molar refractivity (Wildman–Crippen MR) is 140 cm³/mol. The second kappa shape index (κ2) is 14.7. The van der Waals surface area contributed by atoms with E-state index in [1.165, 1.54) is 5.56 Å². The third-order valence-electron chi connectivity index (χ3n) is 6.16. The summed E-state index contributed by atoms with van der Waals surface area (Å²) in [5, 5.41) is 6.81. The van der Waals surface area contributed by atoms with E-state index >= 15 is 0 Å². The summed E-state index contributed by atoms with van der Waals surface area (Å²) in [6.07, 6.45) is 5.10. The van der Waals surface area contributed by atoms with Crippen LogP contribution in [-0.4, -0.2) is 80.2 Å². The number of rotatable bonds is 9. The Morgan fingerprint density at radius 3 is 2.59 bits per heavy atom. The molecule has 180 valence electrons. The van der Waals surface area contributed by atoms with Gasteiger partial charge in [0.25, 0.3) is 0 Å². The summed E-state index contributed by atoms with van der Waals surface area (Å²) in [4.78, 5) is 20.6. The Bertz CT molecular complexity index is 695. The number of amides is 1. The van der Waals surface area contributed by atoms with Crippen LogP contribution in [0.1, 0.15) is 44.6 Å². The lowest BCUT2D eigenvalue weighted by molar-refractivity contribution is -0.129. The van der Waals surface area contributed by atoms with Gasteiger partial charge in [-0.05, 0) is 31.2 Å². The number of guanidine groups is 1. The molecule has 1 aromatic rings. The van der Waals surface area contributed by atoms with Crippen molar-refractivity contribution < 1.29 is 9.53 Å². The number of piperidine rings is 1. The minimum absolute atomic E-state index is 0. The molecule has 2 saturated heterocycles. The van der Waals surface area contributed by atoms with Crippen molar-refractivity contribution in [3.05, 3.63) is 35.9 Å². The summed E-state index contributed by atoms with van der Waals surface area (Å²) in [5.74, 6) is 1.04. The number of carbonyl (C=O) groups is 1. The van der Waals surface area contributed by atoms with Gasteiger partial charge in [0.1, 0.15) is 0 Å². The second-order valence-corrected chi connectivity index (χ2v) is 8.51. The van der Waals surface area contributed by atoms with Gasteiger partial charge in [0, 0.05) is 65.4 Å². The molecule has 0 radical (unpaired) electrons. The summed E-state index contributed by atoms with van der Waals surface area (Å²) in [7, 11) is 1.79. The molecule has 0 spiro atoms. The number of aliphatic imine (C=N–C) groups is 1. The highest BCUT2D eigenvalue weighted by atomic mass is 127. The zero-order valence-corrected chi connectivity index (χ0v) is 21.9.